The molecule has 0 aliphatic rings. The molecule has 3 rings (SSSR count). The fraction of sp³-hybridized carbons (Fsp3) is 0.0909. The summed E-state index contributed by atoms with van der Waals surface area (Å²) in [5.74, 6) is -0.777. The van der Waals surface area contributed by atoms with Crippen LogP contribution >= 0.6 is 0 Å². The Bertz CT molecular complexity index is 947. The first-order valence-corrected chi connectivity index (χ1v) is 8.71. The normalized spacial score (nSPS) is 10.8. The standard InChI is InChI=1S/C22H17NO6/c24-16-29-22(18-7-3-1-4-8-18,19-9-5-2-6-10-19)21(25)28-15-17-11-13-20(14-12-17)23(26)27/h1-14,16H,15H2. The lowest BCUT2D eigenvalue weighted by atomic mass is 9.86. The van der Waals surface area contributed by atoms with Crippen LogP contribution in [0.1, 0.15) is 16.7 Å². The second-order valence-electron chi connectivity index (χ2n) is 6.13. The first-order chi connectivity index (χ1) is 14.1. The van der Waals surface area contributed by atoms with E-state index in [1.54, 1.807) is 60.7 Å². The number of nitro benzene ring substituents is 1. The maximum absolute atomic E-state index is 13.2. The molecular weight excluding hydrogens is 374 g/mol. The number of hydrogen-bond acceptors (Lipinski definition) is 6. The molecule has 0 radical (unpaired) electrons. The summed E-state index contributed by atoms with van der Waals surface area (Å²) in [6, 6.07) is 22.8. The molecule has 0 aromatic heterocycles. The molecule has 0 heterocycles. The number of non-ortho nitro benzene ring substituents is 1. The summed E-state index contributed by atoms with van der Waals surface area (Å²) in [6.07, 6.45) is 0. The molecule has 146 valence electrons. The fourth-order valence-electron chi connectivity index (χ4n) is 2.97. The Kier molecular flexibility index (Phi) is 5.99. The third kappa shape index (κ3) is 4.14. The molecule has 29 heavy (non-hydrogen) atoms. The highest BCUT2D eigenvalue weighted by Gasteiger charge is 2.46. The third-order valence-electron chi connectivity index (χ3n) is 4.39. The molecule has 7 nitrogen and oxygen atoms in total. The van der Waals surface area contributed by atoms with Crippen LogP contribution in [0, 0.1) is 10.1 Å². The van der Waals surface area contributed by atoms with Crippen molar-refractivity contribution in [3.63, 3.8) is 0 Å². The Morgan fingerprint density at radius 2 is 1.41 bits per heavy atom. The maximum Gasteiger partial charge on any atom is 0.360 e. The van der Waals surface area contributed by atoms with E-state index in [9.17, 15) is 19.7 Å². The Hall–Kier alpha value is -4.00. The van der Waals surface area contributed by atoms with Crippen molar-refractivity contribution >= 4 is 18.1 Å². The van der Waals surface area contributed by atoms with E-state index in [0.29, 0.717) is 16.7 Å². The summed E-state index contributed by atoms with van der Waals surface area (Å²) < 4.78 is 10.8. The zero-order valence-electron chi connectivity index (χ0n) is 15.3. The zero-order chi connectivity index (χ0) is 20.7. The highest BCUT2D eigenvalue weighted by molar-refractivity contribution is 5.87. The van der Waals surface area contributed by atoms with E-state index in [-0.39, 0.29) is 18.8 Å². The van der Waals surface area contributed by atoms with Gasteiger partial charge >= 0.3 is 5.97 Å². The molecule has 0 saturated carbocycles. The Morgan fingerprint density at radius 1 is 0.897 bits per heavy atom. The molecule has 0 bridgehead atoms. The maximum atomic E-state index is 13.2. The molecule has 0 atom stereocenters. The van der Waals surface area contributed by atoms with E-state index in [4.69, 9.17) is 9.47 Å². The van der Waals surface area contributed by atoms with Gasteiger partial charge < -0.3 is 9.47 Å². The SMILES string of the molecule is O=COC(C(=O)OCc1ccc([N+](=O)[O-])cc1)(c1ccccc1)c1ccccc1. The van der Waals surface area contributed by atoms with E-state index in [1.807, 2.05) is 0 Å². The molecule has 0 fully saturated rings. The largest absolute Gasteiger partial charge is 0.457 e. The van der Waals surface area contributed by atoms with Crippen molar-refractivity contribution in [1.82, 2.24) is 0 Å². The number of benzene rings is 3. The van der Waals surface area contributed by atoms with Crippen molar-refractivity contribution in [2.75, 3.05) is 0 Å². The molecule has 0 saturated heterocycles. The van der Waals surface area contributed by atoms with Gasteiger partial charge in [-0.1, -0.05) is 60.7 Å². The lowest BCUT2D eigenvalue weighted by Gasteiger charge is -2.30. The molecule has 3 aromatic carbocycles. The lowest BCUT2D eigenvalue weighted by Crippen LogP contribution is -2.41. The van der Waals surface area contributed by atoms with Crippen LogP contribution in [-0.2, 0) is 31.3 Å². The fourth-order valence-corrected chi connectivity index (χ4v) is 2.97. The van der Waals surface area contributed by atoms with Crippen molar-refractivity contribution in [2.45, 2.75) is 12.2 Å². The van der Waals surface area contributed by atoms with Gasteiger partial charge in [-0.15, -0.1) is 0 Å². The molecule has 3 aromatic rings. The van der Waals surface area contributed by atoms with Crippen LogP contribution in [0.2, 0.25) is 0 Å². The minimum Gasteiger partial charge on any atom is -0.457 e. The van der Waals surface area contributed by atoms with Crippen molar-refractivity contribution in [3.8, 4) is 0 Å². The second-order valence-corrected chi connectivity index (χ2v) is 6.13. The Balaban J connectivity index is 1.94. The lowest BCUT2D eigenvalue weighted by molar-refractivity contribution is -0.384. The Labute approximate surface area is 166 Å². The first-order valence-electron chi connectivity index (χ1n) is 8.71. The average molecular weight is 391 g/mol. The van der Waals surface area contributed by atoms with Crippen LogP contribution < -0.4 is 0 Å². The van der Waals surface area contributed by atoms with Crippen LogP contribution in [0.25, 0.3) is 0 Å². The van der Waals surface area contributed by atoms with Gasteiger partial charge in [-0.05, 0) is 17.7 Å². The number of hydrogen-bond donors (Lipinski definition) is 0. The molecule has 7 heteroatoms. The number of nitrogens with zero attached hydrogens (tertiary/aromatic N) is 1. The predicted molar refractivity (Wildman–Crippen MR) is 104 cm³/mol. The summed E-state index contributed by atoms with van der Waals surface area (Å²) in [5.41, 5.74) is -0.401. The smallest absolute Gasteiger partial charge is 0.360 e. The van der Waals surface area contributed by atoms with Crippen molar-refractivity contribution in [3.05, 3.63) is 112 Å². The van der Waals surface area contributed by atoms with E-state index in [1.165, 1.54) is 24.3 Å². The van der Waals surface area contributed by atoms with Crippen LogP contribution in [-0.4, -0.2) is 17.4 Å². The quantitative estimate of drug-likeness (QED) is 0.251. The van der Waals surface area contributed by atoms with E-state index in [0.717, 1.165) is 0 Å². The summed E-state index contributed by atoms with van der Waals surface area (Å²) in [7, 11) is 0. The summed E-state index contributed by atoms with van der Waals surface area (Å²) >= 11 is 0. The molecule has 0 amide bonds. The number of nitro groups is 1. The van der Waals surface area contributed by atoms with E-state index < -0.39 is 16.5 Å². The first kappa shape index (κ1) is 19.8. The highest BCUT2D eigenvalue weighted by Crippen LogP contribution is 2.35. The van der Waals surface area contributed by atoms with Crippen molar-refractivity contribution in [2.24, 2.45) is 0 Å². The van der Waals surface area contributed by atoms with Gasteiger partial charge in [-0.25, -0.2) is 4.79 Å². The summed E-state index contributed by atoms with van der Waals surface area (Å²) in [6.45, 7) is 0.0770. The van der Waals surface area contributed by atoms with Gasteiger partial charge in [0, 0.05) is 23.3 Å². The topological polar surface area (TPSA) is 95.7 Å². The second kappa shape index (κ2) is 8.79. The summed E-state index contributed by atoms with van der Waals surface area (Å²) in [4.78, 5) is 34.8. The zero-order valence-corrected chi connectivity index (χ0v) is 15.3. The minimum absolute atomic E-state index is 0.0627. The minimum atomic E-state index is -1.77. The molecule has 0 spiro atoms. The predicted octanol–water partition coefficient (Wildman–Crippen LogP) is 3.75. The number of carbonyl (C=O) groups excluding carboxylic acids is 2. The van der Waals surface area contributed by atoms with Gasteiger partial charge in [-0.3, -0.25) is 14.9 Å². The number of ether oxygens (including phenoxy) is 2. The molecule has 0 aliphatic heterocycles. The van der Waals surface area contributed by atoms with E-state index in [2.05, 4.69) is 0 Å². The number of esters is 1. The van der Waals surface area contributed by atoms with Crippen LogP contribution in [0.4, 0.5) is 5.69 Å². The molecular formula is C22H17NO6. The average Bonchev–Trinajstić information content (AvgIpc) is 2.77. The van der Waals surface area contributed by atoms with E-state index >= 15 is 0 Å². The molecule has 0 unspecified atom stereocenters. The molecule has 0 aliphatic carbocycles. The monoisotopic (exact) mass is 391 g/mol. The van der Waals surface area contributed by atoms with Gasteiger partial charge in [0.05, 0.1) is 4.92 Å². The van der Waals surface area contributed by atoms with Crippen molar-refractivity contribution < 1.29 is 24.0 Å². The van der Waals surface area contributed by atoms with Gasteiger partial charge in [0.1, 0.15) is 6.61 Å². The van der Waals surface area contributed by atoms with Crippen LogP contribution in [0.5, 0.6) is 0 Å². The van der Waals surface area contributed by atoms with Gasteiger partial charge in [0.15, 0.2) is 0 Å². The highest BCUT2D eigenvalue weighted by atomic mass is 16.6. The van der Waals surface area contributed by atoms with Crippen LogP contribution in [0.3, 0.4) is 0 Å². The third-order valence-corrected chi connectivity index (χ3v) is 4.39. The molecule has 0 N–H and O–H groups in total. The van der Waals surface area contributed by atoms with Crippen LogP contribution in [0.15, 0.2) is 84.9 Å². The van der Waals surface area contributed by atoms with Gasteiger partial charge in [-0.2, -0.15) is 0 Å². The van der Waals surface area contributed by atoms with Crippen molar-refractivity contribution in [1.29, 1.82) is 0 Å². The number of rotatable bonds is 8. The number of carbonyl (C=O) groups is 2. The summed E-state index contributed by atoms with van der Waals surface area (Å²) in [5, 5.41) is 10.8. The van der Waals surface area contributed by atoms with Gasteiger partial charge in [0.25, 0.3) is 17.8 Å². The van der Waals surface area contributed by atoms with Gasteiger partial charge in [0.2, 0.25) is 0 Å². The Morgan fingerprint density at radius 3 is 1.86 bits per heavy atom.